The molecule has 0 spiro atoms. The number of rotatable bonds is 4. The lowest BCUT2D eigenvalue weighted by Gasteiger charge is -2.17. The minimum atomic E-state index is -0.0497. The van der Waals surface area contributed by atoms with Gasteiger partial charge in [0, 0.05) is 28.8 Å². The smallest absolute Gasteiger partial charge is 0.273 e. The number of benzene rings is 1. The Bertz CT molecular complexity index is 840. The molecule has 3 nitrogen and oxygen atoms in total. The van der Waals surface area contributed by atoms with Gasteiger partial charge in [-0.25, -0.2) is 4.98 Å². The van der Waals surface area contributed by atoms with E-state index in [4.69, 9.17) is 0 Å². The van der Waals surface area contributed by atoms with Crippen molar-refractivity contribution in [2.75, 3.05) is 7.05 Å². The summed E-state index contributed by atoms with van der Waals surface area (Å²) in [7, 11) is 1.82. The van der Waals surface area contributed by atoms with Crippen molar-refractivity contribution in [1.82, 2.24) is 9.88 Å². The molecule has 0 bridgehead atoms. The van der Waals surface area contributed by atoms with Crippen molar-refractivity contribution in [3.63, 3.8) is 0 Å². The Kier molecular flexibility index (Phi) is 4.94. The van der Waals surface area contributed by atoms with Crippen LogP contribution in [0.15, 0.2) is 45.6 Å². The third-order valence-electron chi connectivity index (χ3n) is 3.52. The van der Waals surface area contributed by atoms with Crippen LogP contribution in [0.5, 0.6) is 0 Å². The normalized spacial score (nSPS) is 10.7. The van der Waals surface area contributed by atoms with E-state index in [1.165, 1.54) is 16.9 Å². The van der Waals surface area contributed by atoms with Gasteiger partial charge in [-0.05, 0) is 40.0 Å². The zero-order chi connectivity index (χ0) is 16.4. The van der Waals surface area contributed by atoms with Crippen LogP contribution >= 0.6 is 38.6 Å². The maximum atomic E-state index is 12.6. The average Bonchev–Trinajstić information content (AvgIpc) is 3.17. The number of hydrogen-bond acceptors (Lipinski definition) is 4. The van der Waals surface area contributed by atoms with Crippen LogP contribution in [0.3, 0.4) is 0 Å². The highest BCUT2D eigenvalue weighted by atomic mass is 79.9. The van der Waals surface area contributed by atoms with Crippen LogP contribution < -0.4 is 0 Å². The molecule has 0 aliphatic rings. The molecule has 0 unspecified atom stereocenters. The van der Waals surface area contributed by atoms with Crippen molar-refractivity contribution < 1.29 is 4.79 Å². The van der Waals surface area contributed by atoms with E-state index in [0.29, 0.717) is 12.2 Å². The highest BCUT2D eigenvalue weighted by Gasteiger charge is 2.17. The number of thiophene rings is 1. The Hall–Kier alpha value is -1.50. The Morgan fingerprint density at radius 3 is 2.74 bits per heavy atom. The second-order valence-corrected chi connectivity index (χ2v) is 7.94. The van der Waals surface area contributed by atoms with E-state index in [-0.39, 0.29) is 5.91 Å². The highest BCUT2D eigenvalue weighted by Crippen LogP contribution is 2.32. The largest absolute Gasteiger partial charge is 0.336 e. The lowest BCUT2D eigenvalue weighted by Crippen LogP contribution is -2.26. The number of nitrogens with zero attached hydrogens (tertiary/aromatic N) is 2. The first-order chi connectivity index (χ1) is 11.0. The fourth-order valence-corrected chi connectivity index (χ4v) is 4.52. The summed E-state index contributed by atoms with van der Waals surface area (Å²) in [6.45, 7) is 2.65. The molecule has 0 fully saturated rings. The monoisotopic (exact) mass is 406 g/mol. The van der Waals surface area contributed by atoms with Gasteiger partial charge in [0.15, 0.2) is 0 Å². The van der Waals surface area contributed by atoms with Crippen molar-refractivity contribution in [3.05, 3.63) is 62.4 Å². The summed E-state index contributed by atoms with van der Waals surface area (Å²) in [6.07, 6.45) is 0. The van der Waals surface area contributed by atoms with Gasteiger partial charge >= 0.3 is 0 Å². The van der Waals surface area contributed by atoms with Crippen molar-refractivity contribution in [3.8, 4) is 9.88 Å². The SMILES string of the molecule is Cc1ccccc1CN(C)C(=O)c1csc(-c2cc(Br)cs2)n1. The maximum absolute atomic E-state index is 12.6. The predicted octanol–water partition coefficient (Wildman–Crippen LogP) is 5.21. The van der Waals surface area contributed by atoms with Gasteiger partial charge in [0.05, 0.1) is 4.88 Å². The Labute approximate surface area is 151 Å². The first-order valence-corrected chi connectivity index (χ1v) is 9.59. The summed E-state index contributed by atoms with van der Waals surface area (Å²) in [5.41, 5.74) is 2.85. The van der Waals surface area contributed by atoms with Crippen LogP contribution in [-0.4, -0.2) is 22.8 Å². The standard InChI is InChI=1S/C17H15BrN2OS2/c1-11-5-3-4-6-12(11)8-20(2)17(21)14-10-23-16(19-14)15-7-13(18)9-22-15/h3-7,9-10H,8H2,1-2H3. The predicted molar refractivity (Wildman–Crippen MR) is 100 cm³/mol. The number of amides is 1. The zero-order valence-electron chi connectivity index (χ0n) is 12.7. The fraction of sp³-hybridized carbons (Fsp3) is 0.176. The quantitative estimate of drug-likeness (QED) is 0.595. The first kappa shape index (κ1) is 16.4. The summed E-state index contributed by atoms with van der Waals surface area (Å²) in [6, 6.07) is 10.1. The van der Waals surface area contributed by atoms with E-state index in [2.05, 4.69) is 40.0 Å². The van der Waals surface area contributed by atoms with Crippen molar-refractivity contribution in [2.24, 2.45) is 0 Å². The summed E-state index contributed by atoms with van der Waals surface area (Å²) in [5, 5.41) is 4.73. The van der Waals surface area contributed by atoms with Crippen LogP contribution in [0.1, 0.15) is 21.6 Å². The molecule has 0 saturated carbocycles. The van der Waals surface area contributed by atoms with Crippen LogP contribution in [0.4, 0.5) is 0 Å². The average molecular weight is 407 g/mol. The van der Waals surface area contributed by atoms with E-state index in [9.17, 15) is 4.79 Å². The summed E-state index contributed by atoms with van der Waals surface area (Å²) < 4.78 is 1.04. The van der Waals surface area contributed by atoms with Gasteiger partial charge in [-0.3, -0.25) is 4.79 Å². The number of halogens is 1. The van der Waals surface area contributed by atoms with Gasteiger partial charge in [-0.1, -0.05) is 24.3 Å². The molecular weight excluding hydrogens is 392 g/mol. The van der Waals surface area contributed by atoms with E-state index in [1.807, 2.05) is 36.0 Å². The Morgan fingerprint density at radius 1 is 1.26 bits per heavy atom. The summed E-state index contributed by atoms with van der Waals surface area (Å²) in [4.78, 5) is 19.9. The number of hydrogen-bond donors (Lipinski definition) is 0. The number of aryl methyl sites for hydroxylation is 1. The molecule has 23 heavy (non-hydrogen) atoms. The second-order valence-electron chi connectivity index (χ2n) is 5.25. The summed E-state index contributed by atoms with van der Waals surface area (Å²) in [5.74, 6) is -0.0497. The van der Waals surface area contributed by atoms with Gasteiger partial charge < -0.3 is 4.90 Å². The number of thiazole rings is 1. The summed E-state index contributed by atoms with van der Waals surface area (Å²) >= 11 is 6.56. The molecule has 1 aromatic carbocycles. The molecule has 2 aromatic heterocycles. The molecule has 6 heteroatoms. The molecule has 0 N–H and O–H groups in total. The fourth-order valence-electron chi connectivity index (χ4n) is 2.22. The molecule has 1 amide bonds. The third kappa shape index (κ3) is 3.71. The third-order valence-corrected chi connectivity index (χ3v) is 6.22. The topological polar surface area (TPSA) is 33.2 Å². The molecule has 0 atom stereocenters. The molecule has 3 aromatic rings. The number of aromatic nitrogens is 1. The lowest BCUT2D eigenvalue weighted by molar-refractivity contribution is 0.0780. The molecule has 0 radical (unpaired) electrons. The minimum Gasteiger partial charge on any atom is -0.336 e. The van der Waals surface area contributed by atoms with Gasteiger partial charge in [0.2, 0.25) is 0 Å². The van der Waals surface area contributed by atoms with Gasteiger partial charge in [0.1, 0.15) is 10.7 Å². The van der Waals surface area contributed by atoms with Gasteiger partial charge in [-0.2, -0.15) is 0 Å². The molecule has 0 saturated heterocycles. The molecule has 3 rings (SSSR count). The molecular formula is C17H15BrN2OS2. The van der Waals surface area contributed by atoms with Crippen LogP contribution in [0.2, 0.25) is 0 Å². The van der Waals surface area contributed by atoms with E-state index in [1.54, 1.807) is 16.2 Å². The van der Waals surface area contributed by atoms with E-state index < -0.39 is 0 Å². The zero-order valence-corrected chi connectivity index (χ0v) is 16.0. The highest BCUT2D eigenvalue weighted by molar-refractivity contribution is 9.10. The van der Waals surface area contributed by atoms with Crippen molar-refractivity contribution in [2.45, 2.75) is 13.5 Å². The van der Waals surface area contributed by atoms with E-state index >= 15 is 0 Å². The van der Waals surface area contributed by atoms with Crippen LogP contribution in [-0.2, 0) is 6.54 Å². The first-order valence-electron chi connectivity index (χ1n) is 7.04. The molecule has 2 heterocycles. The van der Waals surface area contributed by atoms with Gasteiger partial charge in [-0.15, -0.1) is 22.7 Å². The molecule has 0 aliphatic heterocycles. The maximum Gasteiger partial charge on any atom is 0.273 e. The van der Waals surface area contributed by atoms with Crippen LogP contribution in [0.25, 0.3) is 9.88 Å². The number of carbonyl (C=O) groups is 1. The van der Waals surface area contributed by atoms with Crippen molar-refractivity contribution >= 4 is 44.5 Å². The lowest BCUT2D eigenvalue weighted by atomic mass is 10.1. The van der Waals surface area contributed by atoms with Crippen LogP contribution in [0, 0.1) is 6.92 Å². The minimum absolute atomic E-state index is 0.0497. The molecule has 118 valence electrons. The molecule has 0 aliphatic carbocycles. The van der Waals surface area contributed by atoms with E-state index in [0.717, 1.165) is 19.9 Å². The van der Waals surface area contributed by atoms with Gasteiger partial charge in [0.25, 0.3) is 5.91 Å². The number of carbonyl (C=O) groups excluding carboxylic acids is 1. The Morgan fingerprint density at radius 2 is 2.04 bits per heavy atom. The van der Waals surface area contributed by atoms with Crippen molar-refractivity contribution in [1.29, 1.82) is 0 Å². The Balaban J connectivity index is 1.75. The second kappa shape index (κ2) is 6.95.